The summed E-state index contributed by atoms with van der Waals surface area (Å²) in [5, 5.41) is 2.66. The van der Waals surface area contributed by atoms with Gasteiger partial charge in [0.15, 0.2) is 0 Å². The van der Waals surface area contributed by atoms with E-state index in [4.69, 9.17) is 4.42 Å². The van der Waals surface area contributed by atoms with Crippen molar-refractivity contribution in [2.24, 2.45) is 0 Å². The van der Waals surface area contributed by atoms with Gasteiger partial charge in [-0.2, -0.15) is 0 Å². The number of hydrogen-bond donors (Lipinski definition) is 0. The smallest absolute Gasteiger partial charge is 0.130 e. The van der Waals surface area contributed by atoms with Crippen LogP contribution in [0, 0.1) is 0 Å². The van der Waals surface area contributed by atoms with Crippen molar-refractivity contribution in [1.82, 2.24) is 0 Å². The number of rotatable bonds is 1. The molecular weight excluding hydrogens is 220 g/mol. The van der Waals surface area contributed by atoms with Crippen molar-refractivity contribution in [1.29, 1.82) is 0 Å². The first-order valence-corrected chi connectivity index (χ1v) is 6.17. The third-order valence-corrected chi connectivity index (χ3v) is 3.61. The molecule has 1 nitrogen and oxygen atoms in total. The van der Waals surface area contributed by atoms with Gasteiger partial charge in [0.1, 0.15) is 5.76 Å². The largest absolute Gasteiger partial charge is 0.465 e. The zero-order valence-corrected chi connectivity index (χ0v) is 9.89. The van der Waals surface area contributed by atoms with E-state index in [9.17, 15) is 0 Å². The van der Waals surface area contributed by atoms with Crippen LogP contribution in [0.15, 0.2) is 59.2 Å². The molecule has 86 valence electrons. The third kappa shape index (κ3) is 1.34. The quantitative estimate of drug-likeness (QED) is 0.600. The van der Waals surface area contributed by atoms with E-state index in [0.29, 0.717) is 0 Å². The third-order valence-electron chi connectivity index (χ3n) is 3.61. The zero-order chi connectivity index (χ0) is 11.9. The molecule has 0 bridgehead atoms. The number of hydrogen-bond acceptors (Lipinski definition) is 1. The number of furan rings is 1. The molecule has 0 N–H and O–H groups in total. The first kappa shape index (κ1) is 9.72. The van der Waals surface area contributed by atoms with E-state index in [1.54, 1.807) is 6.26 Å². The van der Waals surface area contributed by atoms with E-state index < -0.39 is 0 Å². The van der Waals surface area contributed by atoms with Gasteiger partial charge in [0, 0.05) is 6.42 Å². The predicted molar refractivity (Wildman–Crippen MR) is 74.2 cm³/mol. The topological polar surface area (TPSA) is 13.1 Å². The van der Waals surface area contributed by atoms with Crippen LogP contribution in [-0.2, 0) is 6.42 Å². The highest BCUT2D eigenvalue weighted by molar-refractivity contribution is 5.97. The molecule has 18 heavy (non-hydrogen) atoms. The molecule has 0 saturated carbocycles. The fraction of sp³-hybridized carbons (Fsp3) is 0.0588. The Morgan fingerprint density at radius 2 is 1.83 bits per heavy atom. The lowest BCUT2D eigenvalue weighted by Crippen LogP contribution is -1.86. The van der Waals surface area contributed by atoms with Crippen LogP contribution < -0.4 is 0 Å². The Morgan fingerprint density at radius 3 is 2.72 bits per heavy atom. The van der Waals surface area contributed by atoms with Crippen molar-refractivity contribution in [3.63, 3.8) is 0 Å². The summed E-state index contributed by atoms with van der Waals surface area (Å²) in [6, 6.07) is 16.9. The second kappa shape index (κ2) is 3.61. The summed E-state index contributed by atoms with van der Waals surface area (Å²) in [4.78, 5) is 0. The van der Waals surface area contributed by atoms with Crippen molar-refractivity contribution in [3.05, 3.63) is 71.7 Å². The lowest BCUT2D eigenvalue weighted by molar-refractivity contribution is 0.552. The maximum atomic E-state index is 5.49. The van der Waals surface area contributed by atoms with Crippen molar-refractivity contribution in [2.45, 2.75) is 6.42 Å². The van der Waals surface area contributed by atoms with Crippen LogP contribution >= 0.6 is 0 Å². The molecule has 0 radical (unpaired) electrons. The minimum atomic E-state index is 0.962. The van der Waals surface area contributed by atoms with Gasteiger partial charge in [0.25, 0.3) is 0 Å². The first-order valence-electron chi connectivity index (χ1n) is 6.17. The molecule has 1 aromatic heterocycles. The van der Waals surface area contributed by atoms with E-state index in [-0.39, 0.29) is 0 Å². The maximum Gasteiger partial charge on any atom is 0.130 e. The molecule has 3 aromatic rings. The average Bonchev–Trinajstić information content (AvgIpc) is 3.07. The monoisotopic (exact) mass is 232 g/mol. The van der Waals surface area contributed by atoms with Gasteiger partial charge in [-0.3, -0.25) is 0 Å². The minimum absolute atomic E-state index is 0.962. The van der Waals surface area contributed by atoms with E-state index in [2.05, 4.69) is 42.5 Å². The summed E-state index contributed by atoms with van der Waals surface area (Å²) < 4.78 is 5.49. The van der Waals surface area contributed by atoms with Gasteiger partial charge in [-0.25, -0.2) is 0 Å². The lowest BCUT2D eigenvalue weighted by Gasteiger charge is -2.04. The molecule has 0 saturated heterocycles. The van der Waals surface area contributed by atoms with Gasteiger partial charge >= 0.3 is 0 Å². The first-order chi connectivity index (χ1) is 8.92. The average molecular weight is 232 g/mol. The van der Waals surface area contributed by atoms with Gasteiger partial charge in [-0.1, -0.05) is 36.4 Å². The molecule has 0 amide bonds. The minimum Gasteiger partial charge on any atom is -0.465 e. The van der Waals surface area contributed by atoms with E-state index in [1.807, 2.05) is 12.1 Å². The maximum absolute atomic E-state index is 5.49. The summed E-state index contributed by atoms with van der Waals surface area (Å²) >= 11 is 0. The molecule has 0 unspecified atom stereocenters. The summed E-state index contributed by atoms with van der Waals surface area (Å²) in [7, 11) is 0. The number of fused-ring (bicyclic) bond motifs is 3. The van der Waals surface area contributed by atoms with E-state index >= 15 is 0 Å². The molecule has 2 aromatic carbocycles. The van der Waals surface area contributed by atoms with Gasteiger partial charge in [0.05, 0.1) is 6.26 Å². The van der Waals surface area contributed by atoms with Gasteiger partial charge < -0.3 is 4.42 Å². The molecule has 0 spiro atoms. The molecule has 0 aliphatic heterocycles. The molecule has 4 rings (SSSR count). The highest BCUT2D eigenvalue weighted by Crippen LogP contribution is 2.35. The molecule has 0 fully saturated rings. The summed E-state index contributed by atoms with van der Waals surface area (Å²) in [6.07, 6.45) is 4.93. The lowest BCUT2D eigenvalue weighted by atomic mass is 10.00. The fourth-order valence-corrected chi connectivity index (χ4v) is 2.73. The van der Waals surface area contributed by atoms with Crippen LogP contribution in [0.2, 0.25) is 0 Å². The second-order valence-corrected chi connectivity index (χ2v) is 4.68. The number of benzene rings is 2. The Hall–Kier alpha value is -2.28. The van der Waals surface area contributed by atoms with Crippen LogP contribution in [0.3, 0.4) is 0 Å². The van der Waals surface area contributed by atoms with Gasteiger partial charge in [-0.15, -0.1) is 0 Å². The summed E-state index contributed by atoms with van der Waals surface area (Å²) in [6.45, 7) is 0. The Morgan fingerprint density at radius 1 is 0.889 bits per heavy atom. The molecular formula is C17H12O. The summed E-state index contributed by atoms with van der Waals surface area (Å²) in [5.41, 5.74) is 4.01. The Labute approximate surface area is 105 Å². The van der Waals surface area contributed by atoms with Gasteiger partial charge in [0.2, 0.25) is 0 Å². The fourth-order valence-electron chi connectivity index (χ4n) is 2.73. The van der Waals surface area contributed by atoms with Crippen LogP contribution in [-0.4, -0.2) is 0 Å². The van der Waals surface area contributed by atoms with Crippen molar-refractivity contribution < 1.29 is 4.42 Å². The van der Waals surface area contributed by atoms with Crippen molar-refractivity contribution in [3.8, 4) is 0 Å². The van der Waals surface area contributed by atoms with Crippen molar-refractivity contribution >= 4 is 22.4 Å². The predicted octanol–water partition coefficient (Wildman–Crippen LogP) is 4.53. The van der Waals surface area contributed by atoms with Crippen LogP contribution in [0.25, 0.3) is 22.4 Å². The van der Waals surface area contributed by atoms with E-state index in [1.165, 1.54) is 27.5 Å². The van der Waals surface area contributed by atoms with E-state index in [0.717, 1.165) is 12.2 Å². The summed E-state index contributed by atoms with van der Waals surface area (Å²) in [5.74, 6) is 0.982. The highest BCUT2D eigenvalue weighted by Gasteiger charge is 2.17. The molecule has 1 aliphatic carbocycles. The normalized spacial score (nSPS) is 13.7. The SMILES string of the molecule is C1=C(c2ccco2)Cc2c1ccc1ccccc21. The Balaban J connectivity index is 1.89. The molecule has 0 atom stereocenters. The van der Waals surface area contributed by atoms with Crippen LogP contribution in [0.4, 0.5) is 0 Å². The Bertz CT molecular complexity index is 748. The second-order valence-electron chi connectivity index (χ2n) is 4.68. The highest BCUT2D eigenvalue weighted by atomic mass is 16.3. The van der Waals surface area contributed by atoms with Crippen molar-refractivity contribution in [2.75, 3.05) is 0 Å². The zero-order valence-electron chi connectivity index (χ0n) is 9.89. The Kier molecular flexibility index (Phi) is 1.95. The van der Waals surface area contributed by atoms with Gasteiger partial charge in [-0.05, 0) is 45.7 Å². The molecule has 1 heteroatoms. The number of allylic oxidation sites excluding steroid dienone is 1. The van der Waals surface area contributed by atoms with Crippen LogP contribution in [0.1, 0.15) is 16.9 Å². The standard InChI is InChI=1S/C17H12O/c1-2-5-15-12(4-1)7-8-13-10-14(11-16(13)15)17-6-3-9-18-17/h1-10H,11H2. The molecule has 1 aliphatic rings. The van der Waals surface area contributed by atoms with Crippen LogP contribution in [0.5, 0.6) is 0 Å². The molecule has 1 heterocycles.